The zero-order chi connectivity index (χ0) is 14.9. The number of carbonyl (C=O) groups excluding carboxylic acids is 1. The number of carbonyl (C=O) groups is 1. The summed E-state index contributed by atoms with van der Waals surface area (Å²) in [6.45, 7) is 4.45. The summed E-state index contributed by atoms with van der Waals surface area (Å²) in [4.78, 5) is 12.1. The van der Waals surface area contributed by atoms with E-state index >= 15 is 0 Å². The van der Waals surface area contributed by atoms with E-state index in [4.69, 9.17) is 5.14 Å². The highest BCUT2D eigenvalue weighted by atomic mass is 32.2. The molecule has 0 unspecified atom stereocenters. The molecule has 1 amide bonds. The maximum Gasteiger partial charge on any atom is 0.241 e. The lowest BCUT2D eigenvalue weighted by Gasteiger charge is -2.15. The predicted molar refractivity (Wildman–Crippen MR) is 76.9 cm³/mol. The second-order valence-corrected chi connectivity index (χ2v) is 6.66. The minimum absolute atomic E-state index is 0.00952. The van der Waals surface area contributed by atoms with Crippen molar-refractivity contribution in [3.05, 3.63) is 23.3 Å². The van der Waals surface area contributed by atoms with Crippen molar-refractivity contribution in [3.8, 4) is 0 Å². The summed E-state index contributed by atoms with van der Waals surface area (Å²) in [5, 5.41) is 11.0. The van der Waals surface area contributed by atoms with Crippen molar-refractivity contribution in [2.45, 2.75) is 37.6 Å². The number of benzene rings is 1. The van der Waals surface area contributed by atoms with E-state index in [0.717, 1.165) is 30.5 Å². The SMILES string of the molecule is Cc1cc(S(N)(=O)=O)cc(NC(=O)[C@H]2CCCN2)c1C. The van der Waals surface area contributed by atoms with Gasteiger partial charge < -0.3 is 10.6 Å². The molecule has 1 heterocycles. The highest BCUT2D eigenvalue weighted by molar-refractivity contribution is 7.89. The van der Waals surface area contributed by atoms with E-state index in [2.05, 4.69) is 10.6 Å². The fraction of sp³-hybridized carbons (Fsp3) is 0.462. The zero-order valence-corrected chi connectivity index (χ0v) is 12.4. The van der Waals surface area contributed by atoms with Crippen LogP contribution in [-0.4, -0.2) is 26.9 Å². The number of aryl methyl sites for hydroxylation is 1. The molecule has 4 N–H and O–H groups in total. The van der Waals surface area contributed by atoms with E-state index in [1.165, 1.54) is 12.1 Å². The average molecular weight is 297 g/mol. The molecule has 2 rings (SSSR count). The van der Waals surface area contributed by atoms with Crippen LogP contribution in [0.4, 0.5) is 5.69 Å². The van der Waals surface area contributed by atoms with Gasteiger partial charge in [0.2, 0.25) is 15.9 Å². The Morgan fingerprint density at radius 2 is 2.10 bits per heavy atom. The Kier molecular flexibility index (Phi) is 4.12. The van der Waals surface area contributed by atoms with Crippen molar-refractivity contribution >= 4 is 21.6 Å². The maximum absolute atomic E-state index is 12.1. The molecule has 0 bridgehead atoms. The molecule has 1 aromatic rings. The topological polar surface area (TPSA) is 101 Å². The summed E-state index contributed by atoms with van der Waals surface area (Å²) in [6, 6.07) is 2.70. The van der Waals surface area contributed by atoms with Crippen LogP contribution >= 0.6 is 0 Å². The third kappa shape index (κ3) is 3.17. The molecule has 0 radical (unpaired) electrons. The van der Waals surface area contributed by atoms with Crippen LogP contribution in [0.15, 0.2) is 17.0 Å². The van der Waals surface area contributed by atoms with Crippen LogP contribution in [0.3, 0.4) is 0 Å². The van der Waals surface area contributed by atoms with Gasteiger partial charge in [0.15, 0.2) is 0 Å². The van der Waals surface area contributed by atoms with Crippen molar-refractivity contribution < 1.29 is 13.2 Å². The maximum atomic E-state index is 12.1. The van der Waals surface area contributed by atoms with Crippen molar-refractivity contribution in [1.82, 2.24) is 5.32 Å². The second kappa shape index (κ2) is 5.51. The Bertz CT molecular complexity index is 635. The van der Waals surface area contributed by atoms with Gasteiger partial charge in [-0.3, -0.25) is 4.79 Å². The molecule has 0 aliphatic carbocycles. The molecule has 1 fully saturated rings. The Balaban J connectivity index is 2.31. The van der Waals surface area contributed by atoms with Crippen molar-refractivity contribution in [2.24, 2.45) is 5.14 Å². The summed E-state index contributed by atoms with van der Waals surface area (Å²) in [5.74, 6) is -0.142. The summed E-state index contributed by atoms with van der Waals surface area (Å²) in [7, 11) is -3.79. The quantitative estimate of drug-likeness (QED) is 0.762. The summed E-state index contributed by atoms with van der Waals surface area (Å²) in [6.07, 6.45) is 1.76. The molecule has 1 aromatic carbocycles. The standard InChI is InChI=1S/C13H19N3O3S/c1-8-6-10(20(14,18)19)7-12(9(8)2)16-13(17)11-4-3-5-15-11/h6-7,11,15H,3-5H2,1-2H3,(H,16,17)(H2,14,18,19)/t11-/m1/s1. The molecule has 110 valence electrons. The predicted octanol–water partition coefficient (Wildman–Crippen LogP) is 0.641. The number of rotatable bonds is 3. The third-order valence-corrected chi connectivity index (χ3v) is 4.50. The first-order chi connectivity index (χ1) is 9.29. The first-order valence-electron chi connectivity index (χ1n) is 6.47. The van der Waals surface area contributed by atoms with Crippen LogP contribution < -0.4 is 15.8 Å². The van der Waals surface area contributed by atoms with Crippen molar-refractivity contribution in [3.63, 3.8) is 0 Å². The smallest absolute Gasteiger partial charge is 0.241 e. The van der Waals surface area contributed by atoms with Gasteiger partial charge in [0.25, 0.3) is 0 Å². The van der Waals surface area contributed by atoms with E-state index in [0.29, 0.717) is 5.69 Å². The first kappa shape index (κ1) is 15.0. The summed E-state index contributed by atoms with van der Waals surface area (Å²) in [5.41, 5.74) is 2.10. The van der Waals surface area contributed by atoms with Gasteiger partial charge in [-0.25, -0.2) is 13.6 Å². The minimum Gasteiger partial charge on any atom is -0.324 e. The fourth-order valence-electron chi connectivity index (χ4n) is 2.25. The van der Waals surface area contributed by atoms with Crippen LogP contribution in [0.1, 0.15) is 24.0 Å². The molecule has 1 aliphatic rings. The first-order valence-corrected chi connectivity index (χ1v) is 8.02. The number of primary sulfonamides is 1. The number of nitrogens with two attached hydrogens (primary N) is 1. The Labute approximate surface area is 118 Å². The molecule has 0 spiro atoms. The van der Waals surface area contributed by atoms with Crippen LogP contribution in [0, 0.1) is 13.8 Å². The average Bonchev–Trinajstić information content (AvgIpc) is 2.87. The molecule has 1 aliphatic heterocycles. The van der Waals surface area contributed by atoms with Gasteiger partial charge in [-0.05, 0) is 56.5 Å². The largest absolute Gasteiger partial charge is 0.324 e. The van der Waals surface area contributed by atoms with Crippen LogP contribution in [0.5, 0.6) is 0 Å². The third-order valence-electron chi connectivity index (χ3n) is 3.60. The number of sulfonamides is 1. The van der Waals surface area contributed by atoms with Gasteiger partial charge in [0.05, 0.1) is 10.9 Å². The molecule has 20 heavy (non-hydrogen) atoms. The Hall–Kier alpha value is -1.44. The van der Waals surface area contributed by atoms with E-state index in [9.17, 15) is 13.2 Å². The highest BCUT2D eigenvalue weighted by Gasteiger charge is 2.23. The molecule has 0 aromatic heterocycles. The number of hydrogen-bond acceptors (Lipinski definition) is 4. The fourth-order valence-corrected chi connectivity index (χ4v) is 2.87. The van der Waals surface area contributed by atoms with E-state index in [-0.39, 0.29) is 16.8 Å². The summed E-state index contributed by atoms with van der Waals surface area (Å²) < 4.78 is 22.9. The number of hydrogen-bond donors (Lipinski definition) is 3. The zero-order valence-electron chi connectivity index (χ0n) is 11.6. The monoisotopic (exact) mass is 297 g/mol. The molecular weight excluding hydrogens is 278 g/mol. The lowest BCUT2D eigenvalue weighted by Crippen LogP contribution is -2.35. The van der Waals surface area contributed by atoms with Crippen LogP contribution in [0.25, 0.3) is 0 Å². The normalized spacial score (nSPS) is 19.1. The Morgan fingerprint density at radius 3 is 2.65 bits per heavy atom. The highest BCUT2D eigenvalue weighted by Crippen LogP contribution is 2.24. The number of amides is 1. The van der Waals surface area contributed by atoms with Gasteiger partial charge in [0.1, 0.15) is 0 Å². The molecular formula is C13H19N3O3S. The lowest BCUT2D eigenvalue weighted by molar-refractivity contribution is -0.117. The Morgan fingerprint density at radius 1 is 1.40 bits per heavy atom. The molecule has 1 saturated heterocycles. The molecule has 0 saturated carbocycles. The van der Waals surface area contributed by atoms with E-state index in [1.54, 1.807) is 6.92 Å². The molecule has 7 heteroatoms. The van der Waals surface area contributed by atoms with Gasteiger partial charge in [-0.1, -0.05) is 0 Å². The molecule has 6 nitrogen and oxygen atoms in total. The van der Waals surface area contributed by atoms with Crippen LogP contribution in [0.2, 0.25) is 0 Å². The number of anilines is 1. The second-order valence-electron chi connectivity index (χ2n) is 5.10. The van der Waals surface area contributed by atoms with Gasteiger partial charge in [-0.2, -0.15) is 0 Å². The van der Waals surface area contributed by atoms with Gasteiger partial charge in [-0.15, -0.1) is 0 Å². The van der Waals surface area contributed by atoms with Gasteiger partial charge >= 0.3 is 0 Å². The minimum atomic E-state index is -3.79. The van der Waals surface area contributed by atoms with E-state index < -0.39 is 10.0 Å². The van der Waals surface area contributed by atoms with Crippen LogP contribution in [-0.2, 0) is 14.8 Å². The lowest BCUT2D eigenvalue weighted by atomic mass is 10.1. The van der Waals surface area contributed by atoms with Crippen molar-refractivity contribution in [2.75, 3.05) is 11.9 Å². The van der Waals surface area contributed by atoms with Gasteiger partial charge in [0, 0.05) is 5.69 Å². The van der Waals surface area contributed by atoms with Crippen molar-refractivity contribution in [1.29, 1.82) is 0 Å². The van der Waals surface area contributed by atoms with E-state index in [1.807, 2.05) is 6.92 Å². The summed E-state index contributed by atoms with van der Waals surface area (Å²) >= 11 is 0. The molecule has 1 atom stereocenters. The number of nitrogens with one attached hydrogen (secondary N) is 2.